The highest BCUT2D eigenvalue weighted by Crippen LogP contribution is 2.52. The average Bonchev–Trinajstić information content (AvgIpc) is 3.47. The lowest BCUT2D eigenvalue weighted by atomic mass is 9.77. The highest BCUT2D eigenvalue weighted by atomic mass is 16.7. The minimum absolute atomic E-state index is 0.279. The van der Waals surface area contributed by atoms with Gasteiger partial charge in [-0.1, -0.05) is 27.0 Å². The third kappa shape index (κ3) is 2.42. The SMILES string of the molecule is C=CC(=O)C(CC)(OC(CC)(C(=O)C=C)C1(C)CO1)C1(C)CO1. The van der Waals surface area contributed by atoms with Crippen LogP contribution in [0.5, 0.6) is 0 Å². The molecule has 4 unspecified atom stereocenters. The first kappa shape index (κ1) is 18.0. The van der Waals surface area contributed by atoms with E-state index in [0.717, 1.165) is 0 Å². The molecule has 0 aliphatic carbocycles. The van der Waals surface area contributed by atoms with Gasteiger partial charge in [0.1, 0.15) is 11.2 Å². The standard InChI is InChI=1S/C18H26O5/c1-7-13(19)17(9-3,15(5)11-21-15)23-18(10-4,14(20)8-2)16(6)12-22-16/h7-8H,1-2,9-12H2,3-6H3. The molecular weight excluding hydrogens is 296 g/mol. The van der Waals surface area contributed by atoms with Crippen LogP contribution in [-0.2, 0) is 23.8 Å². The molecule has 0 aromatic rings. The van der Waals surface area contributed by atoms with Gasteiger partial charge in [0, 0.05) is 0 Å². The molecule has 2 fully saturated rings. The van der Waals surface area contributed by atoms with Gasteiger partial charge in [-0.25, -0.2) is 0 Å². The van der Waals surface area contributed by atoms with Crippen molar-refractivity contribution >= 4 is 11.6 Å². The van der Waals surface area contributed by atoms with E-state index >= 15 is 0 Å². The molecule has 0 aromatic heterocycles. The molecular formula is C18H26O5. The number of hydrogen-bond acceptors (Lipinski definition) is 5. The van der Waals surface area contributed by atoms with Crippen molar-refractivity contribution in [3.05, 3.63) is 25.3 Å². The largest absolute Gasteiger partial charge is 0.366 e. The van der Waals surface area contributed by atoms with Crippen molar-refractivity contribution in [1.82, 2.24) is 0 Å². The molecule has 0 spiro atoms. The van der Waals surface area contributed by atoms with Gasteiger partial charge in [0.15, 0.2) is 22.8 Å². The molecule has 5 nitrogen and oxygen atoms in total. The molecule has 0 N–H and O–H groups in total. The van der Waals surface area contributed by atoms with Gasteiger partial charge in [0.2, 0.25) is 0 Å². The zero-order valence-corrected chi connectivity index (χ0v) is 14.4. The van der Waals surface area contributed by atoms with E-state index in [2.05, 4.69) is 13.2 Å². The molecule has 2 saturated heterocycles. The van der Waals surface area contributed by atoms with E-state index in [1.807, 2.05) is 27.7 Å². The second-order valence-corrected chi connectivity index (χ2v) is 6.64. The average molecular weight is 322 g/mol. The highest BCUT2D eigenvalue weighted by Gasteiger charge is 2.70. The predicted octanol–water partition coefficient (Wildman–Crippen LogP) is 2.39. The lowest BCUT2D eigenvalue weighted by Gasteiger charge is -2.45. The fourth-order valence-electron chi connectivity index (χ4n) is 3.39. The number of epoxide rings is 2. The Hall–Kier alpha value is -1.30. The van der Waals surface area contributed by atoms with Gasteiger partial charge in [-0.15, -0.1) is 0 Å². The summed E-state index contributed by atoms with van der Waals surface area (Å²) in [7, 11) is 0. The first-order chi connectivity index (χ1) is 10.7. The van der Waals surface area contributed by atoms with Crippen LogP contribution in [0.3, 0.4) is 0 Å². The van der Waals surface area contributed by atoms with Crippen LogP contribution in [-0.4, -0.2) is 47.2 Å². The van der Waals surface area contributed by atoms with E-state index < -0.39 is 22.4 Å². The van der Waals surface area contributed by atoms with Crippen LogP contribution < -0.4 is 0 Å². The van der Waals surface area contributed by atoms with Gasteiger partial charge in [-0.3, -0.25) is 9.59 Å². The highest BCUT2D eigenvalue weighted by molar-refractivity contribution is 6.01. The smallest absolute Gasteiger partial charge is 0.189 e. The van der Waals surface area contributed by atoms with Crippen LogP contribution in [0.4, 0.5) is 0 Å². The van der Waals surface area contributed by atoms with Crippen LogP contribution in [0, 0.1) is 0 Å². The molecule has 0 aromatic carbocycles. The van der Waals surface area contributed by atoms with E-state index in [9.17, 15) is 9.59 Å². The molecule has 0 amide bonds. The number of ketones is 2. The Balaban J connectivity index is 2.55. The molecule has 2 heterocycles. The van der Waals surface area contributed by atoms with Gasteiger partial charge in [0.25, 0.3) is 0 Å². The van der Waals surface area contributed by atoms with Crippen molar-refractivity contribution in [3.8, 4) is 0 Å². The quantitative estimate of drug-likeness (QED) is 0.456. The van der Waals surface area contributed by atoms with Gasteiger partial charge in [-0.2, -0.15) is 0 Å². The van der Waals surface area contributed by atoms with Crippen LogP contribution >= 0.6 is 0 Å². The van der Waals surface area contributed by atoms with Gasteiger partial charge >= 0.3 is 0 Å². The van der Waals surface area contributed by atoms with Crippen molar-refractivity contribution in [3.63, 3.8) is 0 Å². The molecule has 23 heavy (non-hydrogen) atoms. The Morgan fingerprint density at radius 1 is 1.00 bits per heavy atom. The second-order valence-electron chi connectivity index (χ2n) is 6.64. The maximum absolute atomic E-state index is 12.7. The summed E-state index contributed by atoms with van der Waals surface area (Å²) in [5.74, 6) is -0.558. The summed E-state index contributed by atoms with van der Waals surface area (Å²) in [4.78, 5) is 25.4. The van der Waals surface area contributed by atoms with Gasteiger partial charge in [-0.05, 0) is 38.8 Å². The molecule has 0 radical (unpaired) electrons. The molecule has 2 aliphatic rings. The monoisotopic (exact) mass is 322 g/mol. The molecule has 2 rings (SSSR count). The summed E-state index contributed by atoms with van der Waals surface area (Å²) in [6.45, 7) is 15.3. The summed E-state index contributed by atoms with van der Waals surface area (Å²) < 4.78 is 17.5. The van der Waals surface area contributed by atoms with Crippen LogP contribution in [0.25, 0.3) is 0 Å². The first-order valence-electron chi connectivity index (χ1n) is 8.02. The molecule has 0 bridgehead atoms. The topological polar surface area (TPSA) is 68.4 Å². The summed E-state index contributed by atoms with van der Waals surface area (Å²) in [6, 6.07) is 0. The van der Waals surface area contributed by atoms with E-state index in [0.29, 0.717) is 26.1 Å². The summed E-state index contributed by atoms with van der Waals surface area (Å²) in [6.07, 6.45) is 3.23. The minimum Gasteiger partial charge on any atom is -0.366 e. The van der Waals surface area contributed by atoms with E-state index in [1.54, 1.807) is 0 Å². The minimum atomic E-state index is -1.27. The second kappa shape index (κ2) is 5.65. The van der Waals surface area contributed by atoms with Crippen molar-refractivity contribution in [2.45, 2.75) is 62.9 Å². The summed E-state index contributed by atoms with van der Waals surface area (Å²) in [5.41, 5.74) is -4.06. The van der Waals surface area contributed by atoms with Crippen LogP contribution in [0.1, 0.15) is 40.5 Å². The maximum Gasteiger partial charge on any atom is 0.189 e. The Labute approximate surface area is 137 Å². The third-order valence-electron chi connectivity index (χ3n) is 5.37. The van der Waals surface area contributed by atoms with Crippen molar-refractivity contribution in [2.75, 3.05) is 13.2 Å². The lowest BCUT2D eigenvalue weighted by molar-refractivity contribution is -0.206. The molecule has 5 heteroatoms. The maximum atomic E-state index is 12.7. The van der Waals surface area contributed by atoms with Crippen molar-refractivity contribution < 1.29 is 23.8 Å². The van der Waals surface area contributed by atoms with Crippen LogP contribution in [0.2, 0.25) is 0 Å². The molecule has 2 aliphatic heterocycles. The lowest BCUT2D eigenvalue weighted by Crippen LogP contribution is -2.63. The van der Waals surface area contributed by atoms with E-state index in [4.69, 9.17) is 14.2 Å². The Morgan fingerprint density at radius 2 is 1.30 bits per heavy atom. The number of rotatable bonds is 10. The number of hydrogen-bond donors (Lipinski definition) is 0. The number of carbonyl (C=O) groups excluding carboxylic acids is 2. The van der Waals surface area contributed by atoms with E-state index in [-0.39, 0.29) is 11.6 Å². The summed E-state index contributed by atoms with van der Waals surface area (Å²) >= 11 is 0. The van der Waals surface area contributed by atoms with Crippen molar-refractivity contribution in [2.24, 2.45) is 0 Å². The molecule has 0 saturated carbocycles. The number of ether oxygens (including phenoxy) is 3. The number of carbonyl (C=O) groups is 2. The van der Waals surface area contributed by atoms with E-state index in [1.165, 1.54) is 12.2 Å². The van der Waals surface area contributed by atoms with Crippen LogP contribution in [0.15, 0.2) is 25.3 Å². The zero-order valence-electron chi connectivity index (χ0n) is 14.4. The Bertz CT molecular complexity index is 496. The molecule has 128 valence electrons. The predicted molar refractivity (Wildman–Crippen MR) is 86.3 cm³/mol. The zero-order chi connectivity index (χ0) is 17.5. The summed E-state index contributed by atoms with van der Waals surface area (Å²) in [5, 5.41) is 0. The first-order valence-corrected chi connectivity index (χ1v) is 8.02. The fraction of sp³-hybridized carbons (Fsp3) is 0.667. The molecule has 4 atom stereocenters. The van der Waals surface area contributed by atoms with Gasteiger partial charge in [0.05, 0.1) is 13.2 Å². The fourth-order valence-corrected chi connectivity index (χ4v) is 3.39. The Kier molecular flexibility index (Phi) is 4.43. The van der Waals surface area contributed by atoms with Gasteiger partial charge < -0.3 is 14.2 Å². The third-order valence-corrected chi connectivity index (χ3v) is 5.37. The van der Waals surface area contributed by atoms with Crippen molar-refractivity contribution in [1.29, 1.82) is 0 Å². The Morgan fingerprint density at radius 3 is 1.48 bits per heavy atom. The normalized spacial score (nSPS) is 33.9.